The lowest BCUT2D eigenvalue weighted by atomic mass is 10.1. The zero-order chi connectivity index (χ0) is 9.68. The van der Waals surface area contributed by atoms with Gasteiger partial charge in [-0.05, 0) is 18.1 Å². The molecule has 1 aromatic rings. The van der Waals surface area contributed by atoms with Gasteiger partial charge in [-0.3, -0.25) is 10.0 Å². The van der Waals surface area contributed by atoms with Crippen LogP contribution in [0, 0.1) is 0 Å². The Bertz CT molecular complexity index is 301. The highest BCUT2D eigenvalue weighted by atomic mass is 79.9. The van der Waals surface area contributed by atoms with E-state index in [1.165, 1.54) is 0 Å². The molecule has 0 saturated heterocycles. The van der Waals surface area contributed by atoms with Gasteiger partial charge in [-0.15, -0.1) is 0 Å². The molecule has 2 N–H and O–H groups in total. The van der Waals surface area contributed by atoms with Crippen LogP contribution in [0.4, 0.5) is 0 Å². The summed E-state index contributed by atoms with van der Waals surface area (Å²) in [6, 6.07) is 7.69. The Morgan fingerprint density at radius 3 is 2.77 bits per heavy atom. The van der Waals surface area contributed by atoms with Gasteiger partial charge < -0.3 is 0 Å². The fraction of sp³-hybridized carbons (Fsp3) is 0.222. The van der Waals surface area contributed by atoms with Crippen molar-refractivity contribution in [2.75, 3.05) is 0 Å². The van der Waals surface area contributed by atoms with Crippen molar-refractivity contribution in [2.24, 2.45) is 0 Å². The minimum absolute atomic E-state index is 0.291. The summed E-state index contributed by atoms with van der Waals surface area (Å²) in [5.41, 5.74) is 2.66. The van der Waals surface area contributed by atoms with Crippen LogP contribution in [-0.4, -0.2) is 11.1 Å². The predicted octanol–water partition coefficient (Wildman–Crippen LogP) is 1.89. The fourth-order valence-electron chi connectivity index (χ4n) is 1.01. The van der Waals surface area contributed by atoms with Crippen LogP contribution >= 0.6 is 15.9 Å². The molecule has 0 radical (unpaired) electrons. The van der Waals surface area contributed by atoms with Gasteiger partial charge in [0, 0.05) is 10.9 Å². The first kappa shape index (κ1) is 10.2. The summed E-state index contributed by atoms with van der Waals surface area (Å²) >= 11 is 3.37. The molecular weight excluding hydrogens is 234 g/mol. The number of hydrogen-bond acceptors (Lipinski definition) is 2. The van der Waals surface area contributed by atoms with E-state index >= 15 is 0 Å². The molecule has 3 nitrogen and oxygen atoms in total. The summed E-state index contributed by atoms with van der Waals surface area (Å²) in [4.78, 5) is 10.7. The normalized spacial score (nSPS) is 9.69. The van der Waals surface area contributed by atoms with Crippen LogP contribution in [0.1, 0.15) is 12.0 Å². The number of rotatable bonds is 3. The Kier molecular flexibility index (Phi) is 3.92. The monoisotopic (exact) mass is 243 g/mol. The standard InChI is InChI=1S/C9H10BrNO2/c10-8-4-2-1-3-7(8)5-6-9(12)11-13/h1-4,13H,5-6H2,(H,11,12). The molecule has 0 heterocycles. The first-order valence-corrected chi connectivity index (χ1v) is 4.69. The zero-order valence-corrected chi connectivity index (χ0v) is 8.54. The van der Waals surface area contributed by atoms with Crippen LogP contribution in [0.3, 0.4) is 0 Å². The third-order valence-electron chi connectivity index (χ3n) is 1.70. The van der Waals surface area contributed by atoms with E-state index in [0.29, 0.717) is 12.8 Å². The second-order valence-electron chi connectivity index (χ2n) is 2.63. The van der Waals surface area contributed by atoms with E-state index in [-0.39, 0.29) is 5.91 Å². The minimum atomic E-state index is -0.365. The molecule has 0 bridgehead atoms. The van der Waals surface area contributed by atoms with Crippen LogP contribution in [-0.2, 0) is 11.2 Å². The predicted molar refractivity (Wildman–Crippen MR) is 52.4 cm³/mol. The number of carbonyl (C=O) groups is 1. The van der Waals surface area contributed by atoms with Crippen molar-refractivity contribution in [1.82, 2.24) is 5.48 Å². The Balaban J connectivity index is 2.54. The fourth-order valence-corrected chi connectivity index (χ4v) is 1.49. The first-order valence-electron chi connectivity index (χ1n) is 3.90. The smallest absolute Gasteiger partial charge is 0.243 e. The van der Waals surface area contributed by atoms with Crippen molar-refractivity contribution < 1.29 is 10.0 Å². The minimum Gasteiger partial charge on any atom is -0.289 e. The molecule has 0 atom stereocenters. The van der Waals surface area contributed by atoms with Crippen LogP contribution in [0.5, 0.6) is 0 Å². The van der Waals surface area contributed by atoms with E-state index in [1.54, 1.807) is 5.48 Å². The number of nitrogens with one attached hydrogen (secondary N) is 1. The third-order valence-corrected chi connectivity index (χ3v) is 2.48. The summed E-state index contributed by atoms with van der Waals surface area (Å²) in [5, 5.41) is 8.27. The summed E-state index contributed by atoms with van der Waals surface area (Å²) in [7, 11) is 0. The molecule has 70 valence electrons. The maximum Gasteiger partial charge on any atom is 0.243 e. The number of aryl methyl sites for hydroxylation is 1. The second-order valence-corrected chi connectivity index (χ2v) is 3.48. The zero-order valence-electron chi connectivity index (χ0n) is 6.96. The highest BCUT2D eigenvalue weighted by Crippen LogP contribution is 2.17. The molecule has 1 aromatic carbocycles. The Morgan fingerprint density at radius 1 is 1.46 bits per heavy atom. The van der Waals surface area contributed by atoms with E-state index < -0.39 is 0 Å². The van der Waals surface area contributed by atoms with Gasteiger partial charge in [0.25, 0.3) is 0 Å². The van der Waals surface area contributed by atoms with E-state index in [1.807, 2.05) is 24.3 Å². The van der Waals surface area contributed by atoms with Crippen molar-refractivity contribution >= 4 is 21.8 Å². The van der Waals surface area contributed by atoms with Crippen molar-refractivity contribution in [3.63, 3.8) is 0 Å². The molecule has 0 saturated carbocycles. The van der Waals surface area contributed by atoms with E-state index in [2.05, 4.69) is 15.9 Å². The maximum absolute atomic E-state index is 10.7. The molecule has 0 aliphatic heterocycles. The molecule has 0 fully saturated rings. The molecule has 0 spiro atoms. The maximum atomic E-state index is 10.7. The largest absolute Gasteiger partial charge is 0.289 e. The third kappa shape index (κ3) is 3.16. The number of amides is 1. The summed E-state index contributed by atoms with van der Waals surface area (Å²) in [6.07, 6.45) is 0.910. The molecule has 0 aliphatic rings. The Hall–Kier alpha value is -0.870. The van der Waals surface area contributed by atoms with Gasteiger partial charge in [-0.2, -0.15) is 0 Å². The van der Waals surface area contributed by atoms with Crippen molar-refractivity contribution in [1.29, 1.82) is 0 Å². The molecule has 0 unspecified atom stereocenters. The van der Waals surface area contributed by atoms with Crippen molar-refractivity contribution in [3.8, 4) is 0 Å². The average molecular weight is 244 g/mol. The van der Waals surface area contributed by atoms with Gasteiger partial charge in [-0.25, -0.2) is 5.48 Å². The number of hydroxylamine groups is 1. The lowest BCUT2D eigenvalue weighted by Gasteiger charge is -2.02. The van der Waals surface area contributed by atoms with Crippen molar-refractivity contribution in [2.45, 2.75) is 12.8 Å². The SMILES string of the molecule is O=C(CCc1ccccc1Br)NO. The number of halogens is 1. The summed E-state index contributed by atoms with van der Waals surface area (Å²) in [5.74, 6) is -0.365. The van der Waals surface area contributed by atoms with Gasteiger partial charge >= 0.3 is 0 Å². The highest BCUT2D eigenvalue weighted by molar-refractivity contribution is 9.10. The van der Waals surface area contributed by atoms with E-state index in [0.717, 1.165) is 10.0 Å². The van der Waals surface area contributed by atoms with Gasteiger partial charge in [-0.1, -0.05) is 34.1 Å². The average Bonchev–Trinajstić information content (AvgIpc) is 2.16. The Labute approximate surface area is 84.9 Å². The quantitative estimate of drug-likeness (QED) is 0.630. The lowest BCUT2D eigenvalue weighted by molar-refractivity contribution is -0.129. The molecule has 1 rings (SSSR count). The van der Waals surface area contributed by atoms with Gasteiger partial charge in [0.15, 0.2) is 0 Å². The highest BCUT2D eigenvalue weighted by Gasteiger charge is 2.02. The first-order chi connectivity index (χ1) is 6.24. The molecule has 13 heavy (non-hydrogen) atoms. The van der Waals surface area contributed by atoms with Crippen LogP contribution in [0.15, 0.2) is 28.7 Å². The number of hydrogen-bond donors (Lipinski definition) is 2. The number of carbonyl (C=O) groups excluding carboxylic acids is 1. The summed E-state index contributed by atoms with van der Waals surface area (Å²) < 4.78 is 0.987. The van der Waals surface area contributed by atoms with Gasteiger partial charge in [0.05, 0.1) is 0 Å². The second kappa shape index (κ2) is 4.99. The van der Waals surface area contributed by atoms with Crippen LogP contribution < -0.4 is 5.48 Å². The number of benzene rings is 1. The van der Waals surface area contributed by atoms with E-state index in [9.17, 15) is 4.79 Å². The Morgan fingerprint density at radius 2 is 2.15 bits per heavy atom. The molecule has 4 heteroatoms. The van der Waals surface area contributed by atoms with Gasteiger partial charge in [0.2, 0.25) is 5.91 Å². The molecular formula is C9H10BrNO2. The van der Waals surface area contributed by atoms with Crippen LogP contribution in [0.25, 0.3) is 0 Å². The summed E-state index contributed by atoms with van der Waals surface area (Å²) in [6.45, 7) is 0. The molecule has 1 amide bonds. The van der Waals surface area contributed by atoms with Gasteiger partial charge in [0.1, 0.15) is 0 Å². The van der Waals surface area contributed by atoms with E-state index in [4.69, 9.17) is 5.21 Å². The van der Waals surface area contributed by atoms with Crippen LogP contribution in [0.2, 0.25) is 0 Å². The molecule has 0 aliphatic carbocycles. The lowest BCUT2D eigenvalue weighted by Crippen LogP contribution is -2.18. The molecule has 0 aromatic heterocycles. The topological polar surface area (TPSA) is 49.3 Å². The van der Waals surface area contributed by atoms with Crippen molar-refractivity contribution in [3.05, 3.63) is 34.3 Å².